The van der Waals surface area contributed by atoms with Crippen LogP contribution in [0.15, 0.2) is 24.5 Å². The van der Waals surface area contributed by atoms with Gasteiger partial charge >= 0.3 is 0 Å². The van der Waals surface area contributed by atoms with Crippen LogP contribution in [-0.4, -0.2) is 65.9 Å². The number of rotatable bonds is 6. The number of unbranched alkanes of at least 4 members (excludes halogenated alkanes) is 1. The van der Waals surface area contributed by atoms with Crippen molar-refractivity contribution >= 4 is 11.8 Å². The van der Waals surface area contributed by atoms with Gasteiger partial charge < -0.3 is 10.2 Å². The lowest BCUT2D eigenvalue weighted by atomic mass is 10.2. The van der Waals surface area contributed by atoms with E-state index in [0.29, 0.717) is 25.2 Å². The third kappa shape index (κ3) is 4.80. The first-order valence-corrected chi connectivity index (χ1v) is 7.89. The van der Waals surface area contributed by atoms with Crippen molar-refractivity contribution in [1.29, 1.82) is 0 Å². The summed E-state index contributed by atoms with van der Waals surface area (Å²) in [5, 5.41) is 2.92. The molecule has 0 saturated carbocycles. The standard InChI is InChI=1S/C16H24N4O2/c1-2-3-6-18-15(21)13-19-9-11-20(12-10-19)16(22)14-4-7-17-8-5-14/h4-5,7-8H,2-3,6,9-13H2,1H3,(H,18,21). The first-order chi connectivity index (χ1) is 10.7. The first-order valence-electron chi connectivity index (χ1n) is 7.89. The van der Waals surface area contributed by atoms with E-state index in [1.54, 1.807) is 24.5 Å². The van der Waals surface area contributed by atoms with Crippen LogP contribution in [0.25, 0.3) is 0 Å². The fraction of sp³-hybridized carbons (Fsp3) is 0.562. The molecule has 0 spiro atoms. The molecule has 2 rings (SSSR count). The highest BCUT2D eigenvalue weighted by atomic mass is 16.2. The second-order valence-electron chi connectivity index (χ2n) is 5.51. The van der Waals surface area contributed by atoms with Crippen LogP contribution in [0.5, 0.6) is 0 Å². The third-order valence-electron chi connectivity index (χ3n) is 3.81. The quantitative estimate of drug-likeness (QED) is 0.788. The number of piperazine rings is 1. The summed E-state index contributed by atoms with van der Waals surface area (Å²) in [6, 6.07) is 3.46. The lowest BCUT2D eigenvalue weighted by Crippen LogP contribution is -2.51. The minimum absolute atomic E-state index is 0.0365. The van der Waals surface area contributed by atoms with Crippen molar-refractivity contribution in [2.24, 2.45) is 0 Å². The average Bonchev–Trinajstić information content (AvgIpc) is 2.56. The molecule has 1 aromatic rings. The summed E-state index contributed by atoms with van der Waals surface area (Å²) in [7, 11) is 0. The molecule has 6 nitrogen and oxygen atoms in total. The second-order valence-corrected chi connectivity index (χ2v) is 5.51. The Bertz CT molecular complexity index is 484. The predicted octanol–water partition coefficient (Wildman–Crippen LogP) is 0.756. The fourth-order valence-electron chi connectivity index (χ4n) is 2.45. The Morgan fingerprint density at radius 3 is 2.50 bits per heavy atom. The monoisotopic (exact) mass is 304 g/mol. The topological polar surface area (TPSA) is 65.5 Å². The maximum atomic E-state index is 12.3. The van der Waals surface area contributed by atoms with Crippen LogP contribution in [0.2, 0.25) is 0 Å². The van der Waals surface area contributed by atoms with Gasteiger partial charge in [-0.3, -0.25) is 19.5 Å². The third-order valence-corrected chi connectivity index (χ3v) is 3.81. The molecule has 6 heteroatoms. The van der Waals surface area contributed by atoms with Gasteiger partial charge in [0.1, 0.15) is 0 Å². The lowest BCUT2D eigenvalue weighted by Gasteiger charge is -2.34. The largest absolute Gasteiger partial charge is 0.355 e. The molecule has 2 heterocycles. The van der Waals surface area contributed by atoms with Crippen LogP contribution in [0.1, 0.15) is 30.1 Å². The van der Waals surface area contributed by atoms with Gasteiger partial charge in [0, 0.05) is 50.7 Å². The number of hydrogen-bond acceptors (Lipinski definition) is 4. The number of nitrogens with zero attached hydrogens (tertiary/aromatic N) is 3. The Labute approximate surface area is 131 Å². The summed E-state index contributed by atoms with van der Waals surface area (Å²) < 4.78 is 0. The van der Waals surface area contributed by atoms with E-state index in [2.05, 4.69) is 22.1 Å². The van der Waals surface area contributed by atoms with Crippen LogP contribution < -0.4 is 5.32 Å². The SMILES string of the molecule is CCCCNC(=O)CN1CCN(C(=O)c2ccncc2)CC1. The molecule has 1 N–H and O–H groups in total. The summed E-state index contributed by atoms with van der Waals surface area (Å²) in [4.78, 5) is 31.9. The Morgan fingerprint density at radius 2 is 1.86 bits per heavy atom. The molecule has 1 fully saturated rings. The zero-order valence-corrected chi connectivity index (χ0v) is 13.1. The molecule has 22 heavy (non-hydrogen) atoms. The van der Waals surface area contributed by atoms with E-state index in [1.807, 2.05) is 4.90 Å². The van der Waals surface area contributed by atoms with E-state index in [-0.39, 0.29) is 11.8 Å². The van der Waals surface area contributed by atoms with Gasteiger partial charge in [0.25, 0.3) is 5.91 Å². The van der Waals surface area contributed by atoms with Crippen LogP contribution in [0.3, 0.4) is 0 Å². The number of aromatic nitrogens is 1. The van der Waals surface area contributed by atoms with E-state index < -0.39 is 0 Å². The van der Waals surface area contributed by atoms with E-state index in [0.717, 1.165) is 32.5 Å². The highest BCUT2D eigenvalue weighted by molar-refractivity contribution is 5.94. The number of pyridine rings is 1. The van der Waals surface area contributed by atoms with Crippen LogP contribution in [0.4, 0.5) is 0 Å². The van der Waals surface area contributed by atoms with Gasteiger partial charge in [0.15, 0.2) is 0 Å². The van der Waals surface area contributed by atoms with Crippen molar-refractivity contribution in [2.45, 2.75) is 19.8 Å². The molecule has 0 radical (unpaired) electrons. The van der Waals surface area contributed by atoms with Gasteiger partial charge in [-0.05, 0) is 18.6 Å². The summed E-state index contributed by atoms with van der Waals surface area (Å²) in [5.41, 5.74) is 0.667. The van der Waals surface area contributed by atoms with Crippen molar-refractivity contribution in [1.82, 2.24) is 20.1 Å². The average molecular weight is 304 g/mol. The molecular formula is C16H24N4O2. The molecule has 2 amide bonds. The first kappa shape index (κ1) is 16.4. The summed E-state index contributed by atoms with van der Waals surface area (Å²) >= 11 is 0. The molecule has 0 atom stereocenters. The maximum Gasteiger partial charge on any atom is 0.254 e. The van der Waals surface area contributed by atoms with Crippen molar-refractivity contribution in [3.63, 3.8) is 0 Å². The Balaban J connectivity index is 1.74. The van der Waals surface area contributed by atoms with E-state index in [4.69, 9.17) is 0 Å². The fourth-order valence-corrected chi connectivity index (χ4v) is 2.45. The van der Waals surface area contributed by atoms with Crippen molar-refractivity contribution < 1.29 is 9.59 Å². The Morgan fingerprint density at radius 1 is 1.18 bits per heavy atom. The molecule has 0 aliphatic carbocycles. The maximum absolute atomic E-state index is 12.3. The van der Waals surface area contributed by atoms with Crippen LogP contribution in [0, 0.1) is 0 Å². The highest BCUT2D eigenvalue weighted by Crippen LogP contribution is 2.07. The number of hydrogen-bond donors (Lipinski definition) is 1. The van der Waals surface area contributed by atoms with Crippen LogP contribution >= 0.6 is 0 Å². The molecule has 0 bridgehead atoms. The van der Waals surface area contributed by atoms with Gasteiger partial charge in [-0.15, -0.1) is 0 Å². The van der Waals surface area contributed by atoms with Gasteiger partial charge in [-0.25, -0.2) is 0 Å². The number of nitrogens with one attached hydrogen (secondary N) is 1. The Hall–Kier alpha value is -1.95. The van der Waals surface area contributed by atoms with E-state index in [9.17, 15) is 9.59 Å². The van der Waals surface area contributed by atoms with Gasteiger partial charge in [-0.1, -0.05) is 13.3 Å². The van der Waals surface area contributed by atoms with Gasteiger partial charge in [0.05, 0.1) is 6.54 Å². The minimum Gasteiger partial charge on any atom is -0.355 e. The van der Waals surface area contributed by atoms with Gasteiger partial charge in [0.2, 0.25) is 5.91 Å². The molecule has 1 aliphatic heterocycles. The summed E-state index contributed by atoms with van der Waals surface area (Å²) in [6.45, 7) is 6.05. The van der Waals surface area contributed by atoms with Gasteiger partial charge in [-0.2, -0.15) is 0 Å². The number of carbonyl (C=O) groups is 2. The second kappa shape index (κ2) is 8.48. The molecule has 1 saturated heterocycles. The van der Waals surface area contributed by atoms with Crippen molar-refractivity contribution in [3.8, 4) is 0 Å². The normalized spacial score (nSPS) is 15.6. The molecule has 120 valence electrons. The zero-order valence-electron chi connectivity index (χ0n) is 13.1. The van der Waals surface area contributed by atoms with Crippen molar-refractivity contribution in [3.05, 3.63) is 30.1 Å². The molecule has 1 aromatic heterocycles. The number of carbonyl (C=O) groups excluding carboxylic acids is 2. The molecular weight excluding hydrogens is 280 g/mol. The lowest BCUT2D eigenvalue weighted by molar-refractivity contribution is -0.122. The Kier molecular flexibility index (Phi) is 6.33. The smallest absolute Gasteiger partial charge is 0.254 e. The molecule has 0 aromatic carbocycles. The number of amides is 2. The highest BCUT2D eigenvalue weighted by Gasteiger charge is 2.23. The minimum atomic E-state index is 0.0365. The predicted molar refractivity (Wildman–Crippen MR) is 84.5 cm³/mol. The summed E-state index contributed by atoms with van der Waals surface area (Å²) in [5.74, 6) is 0.108. The zero-order chi connectivity index (χ0) is 15.8. The van der Waals surface area contributed by atoms with E-state index >= 15 is 0 Å². The summed E-state index contributed by atoms with van der Waals surface area (Å²) in [6.07, 6.45) is 5.35. The van der Waals surface area contributed by atoms with E-state index in [1.165, 1.54) is 0 Å². The van der Waals surface area contributed by atoms with Crippen molar-refractivity contribution in [2.75, 3.05) is 39.3 Å². The molecule has 1 aliphatic rings. The van der Waals surface area contributed by atoms with Crippen LogP contribution in [-0.2, 0) is 4.79 Å². The molecule has 0 unspecified atom stereocenters.